The number of carbonyl (C=O) groups is 3. The molecule has 4 amide bonds. The van der Waals surface area contributed by atoms with Crippen molar-refractivity contribution in [3.05, 3.63) is 30.1 Å². The molecule has 24 heavy (non-hydrogen) atoms. The number of piperidine rings is 1. The number of benzene rings is 1. The number of rotatable bonds is 3. The summed E-state index contributed by atoms with van der Waals surface area (Å²) in [5.74, 6) is -1.01. The maximum atomic E-state index is 13.5. The summed E-state index contributed by atoms with van der Waals surface area (Å²) in [6.45, 7) is 1.12. The first-order chi connectivity index (χ1) is 11.4. The second-order valence-electron chi connectivity index (χ2n) is 6.18. The van der Waals surface area contributed by atoms with Crippen molar-refractivity contribution in [2.75, 3.05) is 32.0 Å². The Bertz CT molecular complexity index is 686. The average Bonchev–Trinajstić information content (AvgIpc) is 2.76. The number of amides is 4. The molecule has 2 aliphatic rings. The molecule has 2 aliphatic heterocycles. The van der Waals surface area contributed by atoms with Gasteiger partial charge < -0.3 is 10.6 Å². The number of nitrogens with zero attached hydrogens (tertiary/aromatic N) is 2. The second kappa shape index (κ2) is 6.20. The molecule has 0 bridgehead atoms. The van der Waals surface area contributed by atoms with E-state index in [-0.39, 0.29) is 30.1 Å². The van der Waals surface area contributed by atoms with Crippen molar-refractivity contribution in [2.24, 2.45) is 0 Å². The van der Waals surface area contributed by atoms with E-state index in [0.717, 1.165) is 4.90 Å². The SMILES string of the molecule is CN1C(=O)NC2(CCN(CC(=O)Nc3ccccc3F)CC2)C1=O. The monoisotopic (exact) mass is 334 g/mol. The highest BCUT2D eigenvalue weighted by Crippen LogP contribution is 2.28. The Labute approximate surface area is 138 Å². The molecule has 128 valence electrons. The highest BCUT2D eigenvalue weighted by atomic mass is 19.1. The van der Waals surface area contributed by atoms with Gasteiger partial charge in [0.05, 0.1) is 12.2 Å². The first-order valence-corrected chi connectivity index (χ1v) is 7.78. The van der Waals surface area contributed by atoms with E-state index in [1.54, 1.807) is 12.1 Å². The Morgan fingerprint density at radius 2 is 1.96 bits per heavy atom. The van der Waals surface area contributed by atoms with E-state index in [2.05, 4.69) is 10.6 Å². The third-order valence-corrected chi connectivity index (χ3v) is 4.59. The van der Waals surface area contributed by atoms with Gasteiger partial charge in [-0.05, 0) is 25.0 Å². The van der Waals surface area contributed by atoms with Gasteiger partial charge in [-0.1, -0.05) is 12.1 Å². The number of para-hydroxylation sites is 1. The molecule has 0 aromatic heterocycles. The summed E-state index contributed by atoms with van der Waals surface area (Å²) in [5.41, 5.74) is -0.694. The number of urea groups is 1. The number of likely N-dealkylation sites (N-methyl/N-ethyl adjacent to an activating group) is 1. The van der Waals surface area contributed by atoms with Crippen molar-refractivity contribution in [3.63, 3.8) is 0 Å². The Hall–Kier alpha value is -2.48. The van der Waals surface area contributed by atoms with Gasteiger partial charge in [-0.3, -0.25) is 19.4 Å². The first-order valence-electron chi connectivity index (χ1n) is 7.78. The Kier molecular flexibility index (Phi) is 4.23. The van der Waals surface area contributed by atoms with Gasteiger partial charge in [-0.2, -0.15) is 0 Å². The molecule has 2 fully saturated rings. The highest BCUT2D eigenvalue weighted by molar-refractivity contribution is 6.06. The fraction of sp³-hybridized carbons (Fsp3) is 0.438. The lowest BCUT2D eigenvalue weighted by Gasteiger charge is -2.36. The lowest BCUT2D eigenvalue weighted by atomic mass is 9.87. The Balaban J connectivity index is 1.54. The van der Waals surface area contributed by atoms with E-state index in [9.17, 15) is 18.8 Å². The normalized spacial score (nSPS) is 20.3. The molecule has 1 spiro atoms. The molecule has 3 rings (SSSR count). The standard InChI is InChI=1S/C16H19FN4O3/c1-20-14(23)16(19-15(20)24)6-8-21(9-7-16)10-13(22)18-12-5-3-2-4-11(12)17/h2-5H,6-10H2,1H3,(H,18,22)(H,19,24). The summed E-state index contributed by atoms with van der Waals surface area (Å²) in [6.07, 6.45) is 0.907. The van der Waals surface area contributed by atoms with Crippen LogP contribution >= 0.6 is 0 Å². The molecule has 0 aliphatic carbocycles. The van der Waals surface area contributed by atoms with Crippen LogP contribution in [0, 0.1) is 5.82 Å². The van der Waals surface area contributed by atoms with Crippen molar-refractivity contribution in [1.82, 2.24) is 15.1 Å². The number of likely N-dealkylation sites (tertiary alicyclic amines) is 1. The zero-order chi connectivity index (χ0) is 17.3. The van der Waals surface area contributed by atoms with Crippen molar-refractivity contribution in [1.29, 1.82) is 0 Å². The second-order valence-corrected chi connectivity index (χ2v) is 6.18. The van der Waals surface area contributed by atoms with Crippen LogP contribution in [-0.2, 0) is 9.59 Å². The first kappa shape index (κ1) is 16.4. The maximum absolute atomic E-state index is 13.5. The third-order valence-electron chi connectivity index (χ3n) is 4.59. The van der Waals surface area contributed by atoms with Crippen LogP contribution in [0.4, 0.5) is 14.9 Å². The third kappa shape index (κ3) is 2.96. The van der Waals surface area contributed by atoms with E-state index in [0.29, 0.717) is 25.9 Å². The predicted octanol–water partition coefficient (Wildman–Crippen LogP) is 0.780. The molecule has 2 saturated heterocycles. The number of nitrogens with one attached hydrogen (secondary N) is 2. The van der Waals surface area contributed by atoms with Crippen LogP contribution < -0.4 is 10.6 Å². The van der Waals surface area contributed by atoms with E-state index >= 15 is 0 Å². The molecule has 1 aromatic carbocycles. The molecule has 1 aromatic rings. The van der Waals surface area contributed by atoms with Gasteiger partial charge in [-0.15, -0.1) is 0 Å². The minimum Gasteiger partial charge on any atom is -0.323 e. The average molecular weight is 334 g/mol. The number of hydrogen-bond donors (Lipinski definition) is 2. The lowest BCUT2D eigenvalue weighted by Crippen LogP contribution is -2.55. The number of anilines is 1. The summed E-state index contributed by atoms with van der Waals surface area (Å²) < 4.78 is 13.5. The smallest absolute Gasteiger partial charge is 0.323 e. The van der Waals surface area contributed by atoms with Crippen LogP contribution in [0.25, 0.3) is 0 Å². The van der Waals surface area contributed by atoms with Crippen molar-refractivity contribution >= 4 is 23.5 Å². The van der Waals surface area contributed by atoms with Gasteiger partial charge in [0.15, 0.2) is 0 Å². The van der Waals surface area contributed by atoms with Gasteiger partial charge in [0.2, 0.25) is 5.91 Å². The van der Waals surface area contributed by atoms with Gasteiger partial charge in [-0.25, -0.2) is 9.18 Å². The molecule has 7 nitrogen and oxygen atoms in total. The lowest BCUT2D eigenvalue weighted by molar-refractivity contribution is -0.132. The molecule has 2 heterocycles. The molecule has 0 unspecified atom stereocenters. The summed E-state index contributed by atoms with van der Waals surface area (Å²) in [5, 5.41) is 5.29. The topological polar surface area (TPSA) is 81.8 Å². The van der Waals surface area contributed by atoms with Crippen molar-refractivity contribution < 1.29 is 18.8 Å². The zero-order valence-corrected chi connectivity index (χ0v) is 13.3. The van der Waals surface area contributed by atoms with Gasteiger partial charge in [0.1, 0.15) is 11.4 Å². The number of hydrogen-bond acceptors (Lipinski definition) is 4. The maximum Gasteiger partial charge on any atom is 0.324 e. The summed E-state index contributed by atoms with van der Waals surface area (Å²) in [7, 11) is 1.46. The van der Waals surface area contributed by atoms with Crippen LogP contribution in [0.15, 0.2) is 24.3 Å². The van der Waals surface area contributed by atoms with Gasteiger partial charge in [0, 0.05) is 20.1 Å². The summed E-state index contributed by atoms with van der Waals surface area (Å²) >= 11 is 0. The van der Waals surface area contributed by atoms with Crippen LogP contribution in [0.1, 0.15) is 12.8 Å². The fourth-order valence-corrected chi connectivity index (χ4v) is 3.14. The molecular formula is C16H19FN4O3. The minimum atomic E-state index is -0.843. The Morgan fingerprint density at radius 3 is 2.54 bits per heavy atom. The van der Waals surface area contributed by atoms with Crippen LogP contribution in [0.5, 0.6) is 0 Å². The van der Waals surface area contributed by atoms with E-state index in [1.807, 2.05) is 4.90 Å². The molecular weight excluding hydrogens is 315 g/mol. The molecule has 2 N–H and O–H groups in total. The van der Waals surface area contributed by atoms with Crippen molar-refractivity contribution in [3.8, 4) is 0 Å². The molecule has 8 heteroatoms. The minimum absolute atomic E-state index is 0.113. The largest absolute Gasteiger partial charge is 0.324 e. The summed E-state index contributed by atoms with van der Waals surface area (Å²) in [4.78, 5) is 38.9. The Morgan fingerprint density at radius 1 is 1.29 bits per heavy atom. The number of imide groups is 1. The number of halogens is 1. The summed E-state index contributed by atoms with van der Waals surface area (Å²) in [6, 6.07) is 5.60. The van der Waals surface area contributed by atoms with E-state index < -0.39 is 11.4 Å². The quantitative estimate of drug-likeness (QED) is 0.801. The zero-order valence-electron chi connectivity index (χ0n) is 13.3. The molecule has 0 saturated carbocycles. The molecule has 0 radical (unpaired) electrons. The number of carbonyl (C=O) groups excluding carboxylic acids is 3. The van der Waals surface area contributed by atoms with Crippen molar-refractivity contribution in [2.45, 2.75) is 18.4 Å². The van der Waals surface area contributed by atoms with E-state index in [1.165, 1.54) is 19.2 Å². The van der Waals surface area contributed by atoms with Crippen LogP contribution in [0.2, 0.25) is 0 Å². The predicted molar refractivity (Wildman–Crippen MR) is 84.7 cm³/mol. The van der Waals surface area contributed by atoms with Crippen LogP contribution in [-0.4, -0.2) is 59.9 Å². The van der Waals surface area contributed by atoms with E-state index in [4.69, 9.17) is 0 Å². The van der Waals surface area contributed by atoms with Gasteiger partial charge >= 0.3 is 6.03 Å². The van der Waals surface area contributed by atoms with Crippen LogP contribution in [0.3, 0.4) is 0 Å². The molecule has 0 atom stereocenters. The van der Waals surface area contributed by atoms with Gasteiger partial charge in [0.25, 0.3) is 5.91 Å². The highest BCUT2D eigenvalue weighted by Gasteiger charge is 2.50. The fourth-order valence-electron chi connectivity index (χ4n) is 3.14.